The number of anilines is 1. The maximum Gasteiger partial charge on any atom is 0.327 e. The molecule has 0 N–H and O–H groups in total. The first-order valence-electron chi connectivity index (χ1n) is 11.7. The number of aromatic nitrogens is 2. The van der Waals surface area contributed by atoms with Crippen molar-refractivity contribution in [1.29, 1.82) is 0 Å². The molecule has 3 fully saturated rings. The van der Waals surface area contributed by atoms with Crippen LogP contribution in [0.4, 0.5) is 10.6 Å². The van der Waals surface area contributed by atoms with Crippen molar-refractivity contribution in [3.8, 4) is 0 Å². The zero-order valence-corrected chi connectivity index (χ0v) is 19.6. The van der Waals surface area contributed by atoms with E-state index in [1.54, 1.807) is 16.8 Å². The third-order valence-electron chi connectivity index (χ3n) is 7.11. The molecule has 0 aromatic carbocycles. The summed E-state index contributed by atoms with van der Waals surface area (Å²) in [5, 5.41) is 0. The summed E-state index contributed by atoms with van der Waals surface area (Å²) in [6.07, 6.45) is 4.34. The number of hydrogen-bond acceptors (Lipinski definition) is 6. The number of hydrogen-bond donors (Lipinski definition) is 0. The van der Waals surface area contributed by atoms with E-state index in [1.165, 1.54) is 4.90 Å². The molecule has 1 spiro atoms. The van der Waals surface area contributed by atoms with Gasteiger partial charge in [0.2, 0.25) is 5.91 Å². The number of amides is 4. The lowest BCUT2D eigenvalue weighted by Gasteiger charge is -2.36. The quantitative estimate of drug-likeness (QED) is 0.664. The van der Waals surface area contributed by atoms with Crippen LogP contribution in [0.15, 0.2) is 6.07 Å². The van der Waals surface area contributed by atoms with E-state index in [9.17, 15) is 14.4 Å². The largest absolute Gasteiger partial charge is 0.353 e. The van der Waals surface area contributed by atoms with Crippen molar-refractivity contribution in [2.24, 2.45) is 0 Å². The second-order valence-electron chi connectivity index (χ2n) is 9.57. The van der Waals surface area contributed by atoms with Crippen molar-refractivity contribution in [3.05, 3.63) is 17.6 Å². The van der Waals surface area contributed by atoms with E-state index < -0.39 is 5.54 Å². The number of nitrogens with zero attached hydrogens (tertiary/aromatic N) is 6. The summed E-state index contributed by atoms with van der Waals surface area (Å²) in [4.78, 5) is 54.8. The van der Waals surface area contributed by atoms with Crippen molar-refractivity contribution >= 4 is 23.7 Å². The van der Waals surface area contributed by atoms with Gasteiger partial charge in [0.1, 0.15) is 23.7 Å². The van der Waals surface area contributed by atoms with Crippen molar-refractivity contribution in [3.63, 3.8) is 0 Å². The first-order valence-corrected chi connectivity index (χ1v) is 11.7. The second kappa shape index (κ2) is 8.67. The molecule has 0 bridgehead atoms. The maximum absolute atomic E-state index is 13.1. The lowest BCUT2D eigenvalue weighted by molar-refractivity contribution is -0.140. The highest BCUT2D eigenvalue weighted by atomic mass is 16.2. The van der Waals surface area contributed by atoms with Gasteiger partial charge in [-0.1, -0.05) is 33.1 Å². The normalized spacial score (nSPS) is 21.3. The van der Waals surface area contributed by atoms with E-state index in [0.29, 0.717) is 39.0 Å². The molecule has 0 unspecified atom stereocenters. The van der Waals surface area contributed by atoms with Gasteiger partial charge in [0.25, 0.3) is 5.91 Å². The molecule has 174 valence electrons. The highest BCUT2D eigenvalue weighted by Gasteiger charge is 2.56. The average Bonchev–Trinajstić information content (AvgIpc) is 2.95. The number of carbonyl (C=O) groups is 3. The van der Waals surface area contributed by atoms with Gasteiger partial charge in [0, 0.05) is 50.9 Å². The van der Waals surface area contributed by atoms with Crippen LogP contribution < -0.4 is 4.90 Å². The SMILES string of the molecule is Cc1cc(N2CCN(C(=O)CN3C(=O)N(C)C4(CCCCC4)C3=O)CC2)nc(C(C)C)n1. The van der Waals surface area contributed by atoms with Gasteiger partial charge in [0.05, 0.1) is 0 Å². The summed E-state index contributed by atoms with van der Waals surface area (Å²) < 4.78 is 0. The summed E-state index contributed by atoms with van der Waals surface area (Å²) in [7, 11) is 1.70. The number of urea groups is 1. The van der Waals surface area contributed by atoms with Crippen LogP contribution in [0.25, 0.3) is 0 Å². The lowest BCUT2D eigenvalue weighted by Crippen LogP contribution is -2.53. The lowest BCUT2D eigenvalue weighted by atomic mass is 9.81. The van der Waals surface area contributed by atoms with Gasteiger partial charge in [-0.05, 0) is 19.8 Å². The van der Waals surface area contributed by atoms with Crippen molar-refractivity contribution in [2.45, 2.75) is 64.3 Å². The predicted molar refractivity (Wildman–Crippen MR) is 120 cm³/mol. The van der Waals surface area contributed by atoms with E-state index in [1.807, 2.05) is 13.0 Å². The Balaban J connectivity index is 1.38. The van der Waals surface area contributed by atoms with E-state index >= 15 is 0 Å². The molecule has 32 heavy (non-hydrogen) atoms. The molecule has 0 radical (unpaired) electrons. The zero-order chi connectivity index (χ0) is 23.0. The Labute approximate surface area is 189 Å². The molecule has 1 aromatic rings. The van der Waals surface area contributed by atoms with Crippen LogP contribution in [-0.2, 0) is 9.59 Å². The monoisotopic (exact) mass is 442 g/mol. The van der Waals surface area contributed by atoms with Crippen molar-refractivity contribution in [1.82, 2.24) is 24.7 Å². The van der Waals surface area contributed by atoms with E-state index in [0.717, 1.165) is 36.6 Å². The third-order valence-corrected chi connectivity index (χ3v) is 7.11. The van der Waals surface area contributed by atoms with E-state index in [2.05, 4.69) is 23.7 Å². The van der Waals surface area contributed by atoms with Gasteiger partial charge in [0.15, 0.2) is 0 Å². The summed E-state index contributed by atoms with van der Waals surface area (Å²) in [5.41, 5.74) is 0.192. The minimum Gasteiger partial charge on any atom is -0.353 e. The fourth-order valence-electron chi connectivity index (χ4n) is 5.09. The van der Waals surface area contributed by atoms with Gasteiger partial charge in [-0.25, -0.2) is 14.8 Å². The number of imide groups is 1. The van der Waals surface area contributed by atoms with Crippen LogP contribution in [0.3, 0.4) is 0 Å². The number of likely N-dealkylation sites (N-methyl/N-ethyl adjacent to an activating group) is 1. The predicted octanol–water partition coefficient (Wildman–Crippen LogP) is 2.15. The minimum absolute atomic E-state index is 0.172. The van der Waals surface area contributed by atoms with Gasteiger partial charge < -0.3 is 14.7 Å². The highest BCUT2D eigenvalue weighted by molar-refractivity contribution is 6.09. The first kappa shape index (κ1) is 22.5. The number of rotatable bonds is 4. The summed E-state index contributed by atoms with van der Waals surface area (Å²) in [6, 6.07) is 1.63. The number of carbonyl (C=O) groups excluding carboxylic acids is 3. The molecule has 3 aliphatic rings. The first-order chi connectivity index (χ1) is 15.2. The molecule has 1 aliphatic carbocycles. The maximum atomic E-state index is 13.1. The Morgan fingerprint density at radius 3 is 2.34 bits per heavy atom. The Bertz CT molecular complexity index is 903. The molecule has 4 rings (SSSR count). The van der Waals surface area contributed by atoms with Crippen molar-refractivity contribution < 1.29 is 14.4 Å². The summed E-state index contributed by atoms with van der Waals surface area (Å²) in [5.74, 6) is 1.59. The van der Waals surface area contributed by atoms with Gasteiger partial charge >= 0.3 is 6.03 Å². The van der Waals surface area contributed by atoms with Crippen LogP contribution in [0.2, 0.25) is 0 Å². The number of aryl methyl sites for hydroxylation is 1. The molecule has 2 saturated heterocycles. The second-order valence-corrected chi connectivity index (χ2v) is 9.57. The smallest absolute Gasteiger partial charge is 0.327 e. The summed E-state index contributed by atoms with van der Waals surface area (Å²) >= 11 is 0. The standard InChI is InChI=1S/C23H34N6O3/c1-16(2)20-24-17(3)14-18(25-20)27-10-12-28(13-11-27)19(30)15-29-21(31)23(26(4)22(29)32)8-6-5-7-9-23/h14,16H,5-13,15H2,1-4H3. The molecule has 9 heteroatoms. The minimum atomic E-state index is -0.743. The van der Waals surface area contributed by atoms with Crippen LogP contribution in [0.1, 0.15) is 63.4 Å². The van der Waals surface area contributed by atoms with Crippen LogP contribution >= 0.6 is 0 Å². The van der Waals surface area contributed by atoms with Crippen LogP contribution in [0.5, 0.6) is 0 Å². The van der Waals surface area contributed by atoms with Gasteiger partial charge in [-0.15, -0.1) is 0 Å². The van der Waals surface area contributed by atoms with E-state index in [4.69, 9.17) is 4.98 Å². The Kier molecular flexibility index (Phi) is 6.09. The van der Waals surface area contributed by atoms with Gasteiger partial charge in [-0.3, -0.25) is 14.5 Å². The molecule has 3 heterocycles. The Hall–Kier alpha value is -2.71. The molecular formula is C23H34N6O3. The van der Waals surface area contributed by atoms with Gasteiger partial charge in [-0.2, -0.15) is 0 Å². The Morgan fingerprint density at radius 2 is 1.72 bits per heavy atom. The molecular weight excluding hydrogens is 408 g/mol. The zero-order valence-electron chi connectivity index (χ0n) is 19.6. The van der Waals surface area contributed by atoms with Crippen molar-refractivity contribution in [2.75, 3.05) is 44.7 Å². The Morgan fingerprint density at radius 1 is 1.06 bits per heavy atom. The fraction of sp³-hybridized carbons (Fsp3) is 0.696. The average molecular weight is 443 g/mol. The van der Waals surface area contributed by atoms with E-state index in [-0.39, 0.29) is 30.3 Å². The fourth-order valence-corrected chi connectivity index (χ4v) is 5.09. The van der Waals surface area contributed by atoms with Crippen LogP contribution in [0, 0.1) is 6.92 Å². The molecule has 0 atom stereocenters. The highest BCUT2D eigenvalue weighted by Crippen LogP contribution is 2.39. The van der Waals surface area contributed by atoms with Crippen LogP contribution in [-0.4, -0.2) is 87.8 Å². The molecule has 4 amide bonds. The summed E-state index contributed by atoms with van der Waals surface area (Å²) in [6.45, 7) is 8.34. The number of piperazine rings is 1. The third kappa shape index (κ3) is 3.93. The molecule has 2 aliphatic heterocycles. The molecule has 1 saturated carbocycles. The molecule has 9 nitrogen and oxygen atoms in total. The molecule has 1 aromatic heterocycles. The topological polar surface area (TPSA) is 90.0 Å².